The van der Waals surface area contributed by atoms with Gasteiger partial charge in [0.05, 0.1) is 24.3 Å². The van der Waals surface area contributed by atoms with Crippen LogP contribution in [0.25, 0.3) is 0 Å². The van der Waals surface area contributed by atoms with Gasteiger partial charge in [0.1, 0.15) is 5.76 Å². The van der Waals surface area contributed by atoms with Crippen LogP contribution in [0.5, 0.6) is 0 Å². The van der Waals surface area contributed by atoms with E-state index in [1.165, 1.54) is 11.3 Å². The number of aromatic nitrogens is 1. The summed E-state index contributed by atoms with van der Waals surface area (Å²) in [6.07, 6.45) is 5.10. The van der Waals surface area contributed by atoms with E-state index in [2.05, 4.69) is 5.32 Å². The van der Waals surface area contributed by atoms with Gasteiger partial charge in [-0.05, 0) is 29.6 Å². The average molecular weight is 373 g/mol. The van der Waals surface area contributed by atoms with E-state index >= 15 is 0 Å². The highest BCUT2D eigenvalue weighted by Gasteiger charge is 2.34. The lowest BCUT2D eigenvalue weighted by atomic mass is 10.1. The van der Waals surface area contributed by atoms with Gasteiger partial charge in [-0.25, -0.2) is 0 Å². The van der Waals surface area contributed by atoms with Crippen LogP contribution in [0, 0.1) is 0 Å². The Kier molecular flexibility index (Phi) is 5.70. The number of carbonyl (C=O) groups excluding carboxylic acids is 1. The lowest BCUT2D eigenvalue weighted by molar-refractivity contribution is -0.692. The van der Waals surface area contributed by atoms with Crippen molar-refractivity contribution in [2.45, 2.75) is 19.2 Å². The van der Waals surface area contributed by atoms with Crippen molar-refractivity contribution in [3.8, 4) is 0 Å². The van der Waals surface area contributed by atoms with Crippen molar-refractivity contribution < 1.29 is 18.9 Å². The molecule has 0 aliphatic heterocycles. The Balaban J connectivity index is 1.87. The summed E-state index contributed by atoms with van der Waals surface area (Å²) in [6.45, 7) is 0.299. The number of furan rings is 1. The van der Waals surface area contributed by atoms with Gasteiger partial charge in [-0.3, -0.25) is 4.79 Å². The van der Waals surface area contributed by atoms with Gasteiger partial charge < -0.3 is 14.8 Å². The number of ketones is 1. The molecule has 0 aliphatic rings. The van der Waals surface area contributed by atoms with Crippen molar-refractivity contribution in [2.75, 3.05) is 0 Å². The minimum atomic E-state index is -0.685. The Labute approximate surface area is 154 Å². The predicted octanol–water partition coefficient (Wildman–Crippen LogP) is 2.66. The molecule has 3 aromatic rings. The second kappa shape index (κ2) is 8.15. The van der Waals surface area contributed by atoms with Gasteiger partial charge in [-0.15, -0.1) is 11.3 Å². The van der Waals surface area contributed by atoms with Crippen LogP contribution in [-0.2, 0) is 13.2 Å². The summed E-state index contributed by atoms with van der Waals surface area (Å²) in [4.78, 5) is 14.0. The van der Waals surface area contributed by atoms with E-state index in [1.807, 2.05) is 17.5 Å². The molecule has 2 N–H and O–H groups in total. The minimum Gasteiger partial charge on any atom is -0.467 e. The summed E-state index contributed by atoms with van der Waals surface area (Å²) >= 11 is 6.89. The van der Waals surface area contributed by atoms with Crippen LogP contribution in [0.4, 0.5) is 0 Å². The summed E-state index contributed by atoms with van der Waals surface area (Å²) in [5.74, 6) is 0.644. The van der Waals surface area contributed by atoms with E-state index in [1.54, 1.807) is 47.5 Å². The third-order valence-corrected chi connectivity index (χ3v) is 4.89. The zero-order valence-corrected chi connectivity index (χ0v) is 14.9. The summed E-state index contributed by atoms with van der Waals surface area (Å²) in [6, 6.07) is 10.2. The third-order valence-electron chi connectivity index (χ3n) is 3.64. The fourth-order valence-corrected chi connectivity index (χ4v) is 3.41. The second-order valence-electron chi connectivity index (χ2n) is 5.36. The van der Waals surface area contributed by atoms with Gasteiger partial charge >= 0.3 is 0 Å². The Morgan fingerprint density at radius 3 is 2.88 bits per heavy atom. The third kappa shape index (κ3) is 4.19. The monoisotopic (exact) mass is 373 g/mol. The number of hydrogen-bond acceptors (Lipinski definition) is 5. The number of aliphatic hydroxyl groups is 1. The van der Waals surface area contributed by atoms with Gasteiger partial charge in [-0.2, -0.15) is 4.57 Å². The molecule has 0 aromatic carbocycles. The van der Waals surface area contributed by atoms with Crippen LogP contribution in [0.3, 0.4) is 0 Å². The van der Waals surface area contributed by atoms with Crippen molar-refractivity contribution in [2.24, 2.45) is 0 Å². The van der Waals surface area contributed by atoms with E-state index in [4.69, 9.17) is 16.6 Å². The molecule has 3 heterocycles. The first-order valence-corrected chi connectivity index (χ1v) is 8.96. The summed E-state index contributed by atoms with van der Waals surface area (Å²) in [7, 11) is 0. The van der Waals surface area contributed by atoms with Crippen molar-refractivity contribution >= 4 is 34.3 Å². The number of carbonyl (C=O) groups is 1. The van der Waals surface area contributed by atoms with E-state index < -0.39 is 6.04 Å². The number of hydrogen-bond donors (Lipinski definition) is 2. The summed E-state index contributed by atoms with van der Waals surface area (Å²) in [5.41, 5.74) is 0.709. The number of thiophene rings is 1. The molecule has 3 aromatic heterocycles. The van der Waals surface area contributed by atoms with Crippen molar-refractivity contribution in [3.05, 3.63) is 76.6 Å². The Hall–Kier alpha value is -2.35. The highest BCUT2D eigenvalue weighted by atomic mass is 32.1. The normalized spacial score (nSPS) is 11.9. The molecule has 0 unspecified atom stereocenters. The maximum atomic E-state index is 13.0. The van der Waals surface area contributed by atoms with Crippen LogP contribution in [0.1, 0.15) is 27.0 Å². The first kappa shape index (κ1) is 17.5. The molecular formula is C18H17N2O3S2+. The maximum Gasteiger partial charge on any atom is 0.271 e. The molecule has 0 fully saturated rings. The molecule has 7 heteroatoms. The molecule has 0 bridgehead atoms. The largest absolute Gasteiger partial charge is 0.467 e. The molecule has 25 heavy (non-hydrogen) atoms. The number of nitrogens with one attached hydrogen (secondary N) is 1. The number of nitrogens with zero attached hydrogens (tertiary/aromatic N) is 1. The quantitative estimate of drug-likeness (QED) is 0.379. The molecule has 128 valence electrons. The molecule has 0 spiro atoms. The fraction of sp³-hybridized carbons (Fsp3) is 0.167. The van der Waals surface area contributed by atoms with Crippen molar-refractivity contribution in [1.82, 2.24) is 5.32 Å². The fourth-order valence-electron chi connectivity index (χ4n) is 2.43. The number of aliphatic hydroxyl groups excluding tert-OH is 1. The van der Waals surface area contributed by atoms with E-state index in [-0.39, 0.29) is 12.4 Å². The average Bonchev–Trinajstić information content (AvgIpc) is 3.34. The highest BCUT2D eigenvalue weighted by Crippen LogP contribution is 2.16. The van der Waals surface area contributed by atoms with E-state index in [9.17, 15) is 9.90 Å². The first-order chi connectivity index (χ1) is 12.2. The molecule has 0 saturated heterocycles. The minimum absolute atomic E-state index is 0.0907. The van der Waals surface area contributed by atoms with Crippen LogP contribution in [-0.4, -0.2) is 15.9 Å². The topological polar surface area (TPSA) is 66.4 Å². The molecular weight excluding hydrogens is 356 g/mol. The standard InChI is InChI=1S/C18H16N2O3S2/c21-12-13-4-1-7-20(11-13)16(17(22)15-6-3-9-25-15)18(24)19-10-14-5-2-8-23-14/h1-9,11,16,21H,10,12H2/p+1/t16-/m1/s1. The number of thiocarbonyl (C=S) groups is 1. The maximum absolute atomic E-state index is 13.0. The van der Waals surface area contributed by atoms with E-state index in [0.29, 0.717) is 22.0 Å². The lowest BCUT2D eigenvalue weighted by Gasteiger charge is -2.14. The SMILES string of the molecule is O=C(c1cccs1)[C@H](C(=S)NCc1ccco1)[n+]1cccc(CO)c1. The zero-order valence-electron chi connectivity index (χ0n) is 13.3. The van der Waals surface area contributed by atoms with Gasteiger partial charge in [0, 0.05) is 11.6 Å². The Morgan fingerprint density at radius 2 is 2.20 bits per heavy atom. The number of pyridine rings is 1. The van der Waals surface area contributed by atoms with E-state index in [0.717, 1.165) is 5.76 Å². The number of Topliss-reactive ketones (excluding diaryl/α,β-unsaturated/α-hetero) is 1. The Bertz CT molecular complexity index is 845. The predicted molar refractivity (Wildman–Crippen MR) is 98.4 cm³/mol. The van der Waals surface area contributed by atoms with Crippen molar-refractivity contribution in [3.63, 3.8) is 0 Å². The highest BCUT2D eigenvalue weighted by molar-refractivity contribution is 7.80. The van der Waals surface area contributed by atoms with Gasteiger partial charge in [0.25, 0.3) is 6.04 Å². The smallest absolute Gasteiger partial charge is 0.271 e. The first-order valence-electron chi connectivity index (χ1n) is 7.67. The van der Waals surface area contributed by atoms with Crippen molar-refractivity contribution in [1.29, 1.82) is 0 Å². The molecule has 0 saturated carbocycles. The summed E-state index contributed by atoms with van der Waals surface area (Å²) < 4.78 is 7.02. The lowest BCUT2D eigenvalue weighted by Crippen LogP contribution is -2.51. The molecule has 5 nitrogen and oxygen atoms in total. The zero-order chi connectivity index (χ0) is 17.6. The molecule has 0 aliphatic carbocycles. The Morgan fingerprint density at radius 1 is 1.32 bits per heavy atom. The van der Waals surface area contributed by atoms with Crippen LogP contribution in [0.15, 0.2) is 64.9 Å². The summed E-state index contributed by atoms with van der Waals surface area (Å²) in [5, 5.41) is 14.3. The van der Waals surface area contributed by atoms with Gasteiger partial charge in [0.2, 0.25) is 5.78 Å². The molecule has 0 amide bonds. The molecule has 1 atom stereocenters. The second-order valence-corrected chi connectivity index (χ2v) is 6.75. The van der Waals surface area contributed by atoms with Gasteiger partial charge in [-0.1, -0.05) is 18.3 Å². The molecule has 0 radical (unpaired) electrons. The van der Waals surface area contributed by atoms with Gasteiger partial charge in [0.15, 0.2) is 17.4 Å². The van der Waals surface area contributed by atoms with Crippen LogP contribution in [0.2, 0.25) is 0 Å². The molecule has 3 rings (SSSR count). The number of rotatable bonds is 7. The van der Waals surface area contributed by atoms with Crippen LogP contribution < -0.4 is 9.88 Å². The van der Waals surface area contributed by atoms with Crippen LogP contribution >= 0.6 is 23.6 Å².